The molecule has 0 spiro atoms. The van der Waals surface area contributed by atoms with Crippen molar-refractivity contribution in [3.05, 3.63) is 54.1 Å². The zero-order chi connectivity index (χ0) is 14.6. The summed E-state index contributed by atoms with van der Waals surface area (Å²) in [6.45, 7) is 2.77. The van der Waals surface area contributed by atoms with E-state index < -0.39 is 20.3 Å². The van der Waals surface area contributed by atoms with Crippen LogP contribution in [0.4, 0.5) is 4.39 Å². The van der Waals surface area contributed by atoms with Crippen molar-refractivity contribution in [2.45, 2.75) is 29.2 Å². The van der Waals surface area contributed by atoms with E-state index in [4.69, 9.17) is 0 Å². The Hall–Kier alpha value is -1.82. The van der Waals surface area contributed by atoms with Crippen molar-refractivity contribution in [2.75, 3.05) is 0 Å². The lowest BCUT2D eigenvalue weighted by Gasteiger charge is -2.32. The van der Waals surface area contributed by atoms with Crippen LogP contribution in [0, 0.1) is 0 Å². The smallest absolute Gasteiger partial charge is 0.199 e. The van der Waals surface area contributed by atoms with Crippen molar-refractivity contribution in [1.29, 1.82) is 0 Å². The van der Waals surface area contributed by atoms with E-state index in [-0.39, 0.29) is 16.2 Å². The molecule has 0 fully saturated rings. The lowest BCUT2D eigenvalue weighted by Crippen LogP contribution is -2.45. The van der Waals surface area contributed by atoms with Crippen LogP contribution < -0.4 is 0 Å². The summed E-state index contributed by atoms with van der Waals surface area (Å²) in [7, 11) is -3.78. The summed E-state index contributed by atoms with van der Waals surface area (Å²) in [5, 5.41) is 0. The van der Waals surface area contributed by atoms with Crippen molar-refractivity contribution in [1.82, 2.24) is 9.97 Å². The molecule has 0 amide bonds. The summed E-state index contributed by atoms with van der Waals surface area (Å²) in [5.74, 6) is 0. The molecule has 0 bridgehead atoms. The maximum Gasteiger partial charge on any atom is 0.199 e. The Morgan fingerprint density at radius 2 is 1.85 bits per heavy atom. The first-order valence-corrected chi connectivity index (χ1v) is 7.61. The van der Waals surface area contributed by atoms with Gasteiger partial charge in [0.15, 0.2) is 15.5 Å². The Balaban J connectivity index is 2.43. The van der Waals surface area contributed by atoms with Crippen LogP contribution in [0.15, 0.2) is 47.8 Å². The largest absolute Gasteiger partial charge is 0.261 e. The van der Waals surface area contributed by atoms with E-state index in [1.165, 1.54) is 44.6 Å². The predicted molar refractivity (Wildman–Crippen MR) is 71.6 cm³/mol. The van der Waals surface area contributed by atoms with Gasteiger partial charge in [0.05, 0.1) is 11.1 Å². The molecule has 1 aliphatic heterocycles. The van der Waals surface area contributed by atoms with E-state index in [9.17, 15) is 8.42 Å². The summed E-state index contributed by atoms with van der Waals surface area (Å²) in [6, 6.07) is 6.15. The van der Waals surface area contributed by atoms with Crippen molar-refractivity contribution < 1.29 is 12.8 Å². The van der Waals surface area contributed by atoms with Crippen molar-refractivity contribution in [2.24, 2.45) is 0 Å². The van der Waals surface area contributed by atoms with Gasteiger partial charge in [-0.25, -0.2) is 12.8 Å². The third-order valence-corrected chi connectivity index (χ3v) is 6.53. The first-order chi connectivity index (χ1) is 9.33. The first kappa shape index (κ1) is 13.2. The van der Waals surface area contributed by atoms with E-state index in [0.29, 0.717) is 0 Å². The van der Waals surface area contributed by atoms with Gasteiger partial charge in [-0.15, -0.1) is 0 Å². The number of fused-ring (bicyclic) bond motifs is 1. The highest BCUT2D eigenvalue weighted by Gasteiger charge is 2.64. The SMILES string of the molecule is CC1(C)C(F)(c2cnccn2)c2ccccc2S1(=O)=O. The Bertz CT molecular complexity index is 775. The van der Waals surface area contributed by atoms with Gasteiger partial charge >= 0.3 is 0 Å². The highest BCUT2D eigenvalue weighted by molar-refractivity contribution is 7.93. The third kappa shape index (κ3) is 1.32. The molecular weight excluding hydrogens is 279 g/mol. The number of sulfone groups is 1. The van der Waals surface area contributed by atoms with Crippen LogP contribution in [-0.4, -0.2) is 23.1 Å². The quantitative estimate of drug-likeness (QED) is 0.809. The summed E-state index contributed by atoms with van der Waals surface area (Å²) in [6.07, 6.45) is 4.06. The molecule has 20 heavy (non-hydrogen) atoms. The molecule has 6 heteroatoms. The third-order valence-electron chi connectivity index (χ3n) is 3.97. The van der Waals surface area contributed by atoms with Gasteiger partial charge in [0.2, 0.25) is 0 Å². The van der Waals surface area contributed by atoms with Crippen molar-refractivity contribution in [3.8, 4) is 0 Å². The standard InChI is InChI=1S/C14H13FN2O2S/c1-13(2)14(15,12-9-16-7-8-17-12)10-5-3-4-6-11(10)20(13,18)19/h3-9H,1-2H3. The number of aromatic nitrogens is 2. The molecule has 1 aromatic heterocycles. The van der Waals surface area contributed by atoms with Gasteiger partial charge in [0.1, 0.15) is 10.4 Å². The molecule has 1 aliphatic rings. The Morgan fingerprint density at radius 3 is 2.50 bits per heavy atom. The summed E-state index contributed by atoms with van der Waals surface area (Å²) >= 11 is 0. The van der Waals surface area contributed by atoms with Gasteiger partial charge in [0, 0.05) is 18.0 Å². The lowest BCUT2D eigenvalue weighted by atomic mass is 9.82. The lowest BCUT2D eigenvalue weighted by molar-refractivity contribution is 0.166. The summed E-state index contributed by atoms with van der Waals surface area (Å²) < 4.78 is 39.4. The van der Waals surface area contributed by atoms with Crippen molar-refractivity contribution in [3.63, 3.8) is 0 Å². The molecule has 4 nitrogen and oxygen atoms in total. The second-order valence-electron chi connectivity index (χ2n) is 5.26. The number of hydrogen-bond donors (Lipinski definition) is 0. The van der Waals surface area contributed by atoms with Crippen LogP contribution in [0.3, 0.4) is 0 Å². The van der Waals surface area contributed by atoms with Gasteiger partial charge in [-0.1, -0.05) is 18.2 Å². The van der Waals surface area contributed by atoms with Crippen LogP contribution in [0.5, 0.6) is 0 Å². The normalized spacial score (nSPS) is 26.1. The number of benzene rings is 1. The molecule has 104 valence electrons. The fourth-order valence-corrected chi connectivity index (χ4v) is 4.58. The van der Waals surface area contributed by atoms with E-state index in [0.717, 1.165) is 0 Å². The van der Waals surface area contributed by atoms with Gasteiger partial charge in [-0.3, -0.25) is 9.97 Å². The minimum atomic E-state index is -3.78. The molecule has 0 saturated carbocycles. The van der Waals surface area contributed by atoms with E-state index >= 15 is 4.39 Å². The van der Waals surface area contributed by atoms with Gasteiger partial charge < -0.3 is 0 Å². The second-order valence-corrected chi connectivity index (χ2v) is 7.73. The van der Waals surface area contributed by atoms with Gasteiger partial charge in [0.25, 0.3) is 0 Å². The second kappa shape index (κ2) is 3.85. The molecule has 2 aromatic rings. The van der Waals surface area contributed by atoms with E-state index in [1.54, 1.807) is 12.1 Å². The molecule has 1 unspecified atom stereocenters. The van der Waals surface area contributed by atoms with E-state index in [2.05, 4.69) is 9.97 Å². The molecule has 0 N–H and O–H groups in total. The fraction of sp³-hybridized carbons (Fsp3) is 0.286. The van der Waals surface area contributed by atoms with Crippen molar-refractivity contribution >= 4 is 9.84 Å². The average molecular weight is 292 g/mol. The minimum absolute atomic E-state index is 0.0125. The number of nitrogens with zero attached hydrogens (tertiary/aromatic N) is 2. The zero-order valence-corrected chi connectivity index (χ0v) is 11.9. The van der Waals surface area contributed by atoms with Crippen LogP contribution >= 0.6 is 0 Å². The number of hydrogen-bond acceptors (Lipinski definition) is 4. The van der Waals surface area contributed by atoms with E-state index in [1.807, 2.05) is 0 Å². The maximum absolute atomic E-state index is 15.8. The molecule has 3 rings (SSSR count). The summed E-state index contributed by atoms with van der Waals surface area (Å²) in [4.78, 5) is 7.88. The predicted octanol–water partition coefficient (Wildman–Crippen LogP) is 2.26. The highest BCUT2D eigenvalue weighted by atomic mass is 32.2. The van der Waals surface area contributed by atoms with Crippen LogP contribution in [-0.2, 0) is 15.5 Å². The number of alkyl halides is 1. The Kier molecular flexibility index (Phi) is 2.54. The first-order valence-electron chi connectivity index (χ1n) is 6.13. The Labute approximate surface area is 116 Å². The Morgan fingerprint density at radius 1 is 1.15 bits per heavy atom. The molecule has 1 aromatic carbocycles. The molecular formula is C14H13FN2O2S. The minimum Gasteiger partial charge on any atom is -0.261 e. The van der Waals surface area contributed by atoms with Crippen LogP contribution in [0.2, 0.25) is 0 Å². The molecule has 1 atom stereocenters. The topological polar surface area (TPSA) is 59.9 Å². The maximum atomic E-state index is 15.8. The number of rotatable bonds is 1. The van der Waals surface area contributed by atoms with Crippen LogP contribution in [0.25, 0.3) is 0 Å². The molecule has 0 radical (unpaired) electrons. The molecule has 2 heterocycles. The fourth-order valence-electron chi connectivity index (χ4n) is 2.69. The summed E-state index contributed by atoms with van der Waals surface area (Å²) in [5.41, 5.74) is -2.07. The average Bonchev–Trinajstić information content (AvgIpc) is 2.58. The highest BCUT2D eigenvalue weighted by Crippen LogP contribution is 2.55. The monoisotopic (exact) mass is 292 g/mol. The molecule has 0 aliphatic carbocycles. The van der Waals surface area contributed by atoms with Gasteiger partial charge in [-0.2, -0.15) is 0 Å². The number of halogens is 1. The van der Waals surface area contributed by atoms with Gasteiger partial charge in [-0.05, 0) is 19.9 Å². The molecule has 0 saturated heterocycles. The van der Waals surface area contributed by atoms with Crippen LogP contribution in [0.1, 0.15) is 25.1 Å². The zero-order valence-electron chi connectivity index (χ0n) is 11.0.